The number of hydrogen-bond donors (Lipinski definition) is 1. The Balaban J connectivity index is 2.49. The Hall–Kier alpha value is -0.160. The molecule has 96 valence electrons. The molecule has 0 saturated carbocycles. The summed E-state index contributed by atoms with van der Waals surface area (Å²) in [4.78, 5) is 2.42. The summed E-state index contributed by atoms with van der Waals surface area (Å²) < 4.78 is 10.6. The van der Waals surface area contributed by atoms with Gasteiger partial charge >= 0.3 is 0 Å². The summed E-state index contributed by atoms with van der Waals surface area (Å²) in [6, 6.07) is 1.02. The third-order valence-corrected chi connectivity index (χ3v) is 3.62. The molecule has 0 aromatic rings. The van der Waals surface area contributed by atoms with E-state index in [0.29, 0.717) is 24.5 Å². The van der Waals surface area contributed by atoms with Crippen molar-refractivity contribution in [1.29, 1.82) is 0 Å². The minimum atomic E-state index is 0.406. The molecule has 1 fully saturated rings. The van der Waals surface area contributed by atoms with Gasteiger partial charge in [0.1, 0.15) is 0 Å². The number of likely N-dealkylation sites (N-methyl/N-ethyl adjacent to an activating group) is 1. The van der Waals surface area contributed by atoms with Crippen molar-refractivity contribution in [3.8, 4) is 0 Å². The maximum absolute atomic E-state index is 5.88. The molecule has 0 amide bonds. The highest BCUT2D eigenvalue weighted by molar-refractivity contribution is 4.82. The van der Waals surface area contributed by atoms with E-state index in [1.807, 2.05) is 0 Å². The van der Waals surface area contributed by atoms with Crippen LogP contribution in [0, 0.1) is 5.92 Å². The number of hydrogen-bond acceptors (Lipinski definition) is 4. The number of nitrogens with zero attached hydrogens (tertiary/aromatic N) is 1. The first-order valence-corrected chi connectivity index (χ1v) is 6.19. The van der Waals surface area contributed by atoms with Crippen molar-refractivity contribution in [2.45, 2.75) is 31.8 Å². The van der Waals surface area contributed by atoms with Crippen LogP contribution < -0.4 is 5.73 Å². The van der Waals surface area contributed by atoms with E-state index in [-0.39, 0.29) is 0 Å². The Labute approximate surface area is 99.1 Å². The average Bonchev–Trinajstić information content (AvgIpc) is 2.31. The van der Waals surface area contributed by atoms with Gasteiger partial charge in [-0.15, -0.1) is 0 Å². The molecule has 0 aromatic heterocycles. The van der Waals surface area contributed by atoms with E-state index < -0.39 is 0 Å². The predicted molar refractivity (Wildman–Crippen MR) is 65.5 cm³/mol. The van der Waals surface area contributed by atoms with Gasteiger partial charge in [-0.25, -0.2) is 0 Å². The van der Waals surface area contributed by atoms with E-state index in [4.69, 9.17) is 15.2 Å². The van der Waals surface area contributed by atoms with Crippen LogP contribution in [-0.2, 0) is 9.47 Å². The van der Waals surface area contributed by atoms with Crippen LogP contribution in [0.4, 0.5) is 0 Å². The van der Waals surface area contributed by atoms with Gasteiger partial charge in [0.25, 0.3) is 0 Å². The normalized spacial score (nSPS) is 22.3. The van der Waals surface area contributed by atoms with Crippen LogP contribution in [0.5, 0.6) is 0 Å². The van der Waals surface area contributed by atoms with E-state index >= 15 is 0 Å². The van der Waals surface area contributed by atoms with Gasteiger partial charge in [0.2, 0.25) is 0 Å². The van der Waals surface area contributed by atoms with Gasteiger partial charge in [-0.1, -0.05) is 6.92 Å². The monoisotopic (exact) mass is 230 g/mol. The standard InChI is InChI=1S/C12H26N2O2/c1-10(9-15-3)12(8-13)14(2)11-4-6-16-7-5-11/h10-12H,4-9,13H2,1-3H3. The Morgan fingerprint density at radius 1 is 1.44 bits per heavy atom. The third-order valence-electron chi connectivity index (χ3n) is 3.62. The first-order chi connectivity index (χ1) is 7.70. The molecule has 4 nitrogen and oxygen atoms in total. The Bertz CT molecular complexity index is 184. The summed E-state index contributed by atoms with van der Waals surface area (Å²) in [6.07, 6.45) is 2.24. The molecule has 0 radical (unpaired) electrons. The number of rotatable bonds is 6. The number of methoxy groups -OCH3 is 1. The van der Waals surface area contributed by atoms with E-state index in [1.54, 1.807) is 7.11 Å². The summed E-state index contributed by atoms with van der Waals surface area (Å²) in [7, 11) is 3.93. The molecule has 0 aromatic carbocycles. The van der Waals surface area contributed by atoms with Crippen molar-refractivity contribution in [2.75, 3.05) is 40.5 Å². The van der Waals surface area contributed by atoms with Crippen molar-refractivity contribution < 1.29 is 9.47 Å². The maximum atomic E-state index is 5.88. The lowest BCUT2D eigenvalue weighted by molar-refractivity contribution is 0.0108. The molecule has 1 rings (SSSR count). The van der Waals surface area contributed by atoms with Crippen LogP contribution in [0.25, 0.3) is 0 Å². The largest absolute Gasteiger partial charge is 0.384 e. The van der Waals surface area contributed by atoms with Crippen LogP contribution in [0.2, 0.25) is 0 Å². The van der Waals surface area contributed by atoms with Crippen molar-refractivity contribution in [3.05, 3.63) is 0 Å². The van der Waals surface area contributed by atoms with E-state index in [0.717, 1.165) is 32.7 Å². The predicted octanol–water partition coefficient (Wildman–Crippen LogP) is 0.707. The quantitative estimate of drug-likeness (QED) is 0.730. The highest BCUT2D eigenvalue weighted by Gasteiger charge is 2.27. The Morgan fingerprint density at radius 2 is 2.06 bits per heavy atom. The third kappa shape index (κ3) is 3.70. The molecule has 0 bridgehead atoms. The van der Waals surface area contributed by atoms with Crippen molar-refractivity contribution in [1.82, 2.24) is 4.90 Å². The smallest absolute Gasteiger partial charge is 0.0503 e. The Morgan fingerprint density at radius 3 is 2.56 bits per heavy atom. The molecule has 1 aliphatic heterocycles. The second kappa shape index (κ2) is 7.22. The second-order valence-electron chi connectivity index (χ2n) is 4.74. The molecule has 2 unspecified atom stereocenters. The van der Waals surface area contributed by atoms with Crippen LogP contribution >= 0.6 is 0 Å². The van der Waals surface area contributed by atoms with Gasteiger partial charge in [0, 0.05) is 39.0 Å². The molecule has 4 heteroatoms. The van der Waals surface area contributed by atoms with Crippen molar-refractivity contribution in [3.63, 3.8) is 0 Å². The fraction of sp³-hybridized carbons (Fsp3) is 1.00. The number of ether oxygens (including phenoxy) is 2. The highest BCUT2D eigenvalue weighted by atomic mass is 16.5. The topological polar surface area (TPSA) is 47.7 Å². The zero-order valence-electron chi connectivity index (χ0n) is 10.8. The molecule has 2 N–H and O–H groups in total. The molecule has 16 heavy (non-hydrogen) atoms. The van der Waals surface area contributed by atoms with Gasteiger partial charge in [-0.3, -0.25) is 4.90 Å². The lowest BCUT2D eigenvalue weighted by Crippen LogP contribution is -2.50. The minimum Gasteiger partial charge on any atom is -0.384 e. The molecule has 1 aliphatic rings. The van der Waals surface area contributed by atoms with Crippen molar-refractivity contribution >= 4 is 0 Å². The fourth-order valence-corrected chi connectivity index (χ4v) is 2.54. The molecule has 0 aliphatic carbocycles. The van der Waals surface area contributed by atoms with Gasteiger partial charge in [0.15, 0.2) is 0 Å². The summed E-state index contributed by atoms with van der Waals surface area (Å²) in [6.45, 7) is 5.43. The molecular formula is C12H26N2O2. The lowest BCUT2D eigenvalue weighted by Gasteiger charge is -2.39. The van der Waals surface area contributed by atoms with Crippen LogP contribution in [0.3, 0.4) is 0 Å². The lowest BCUT2D eigenvalue weighted by atomic mass is 9.97. The van der Waals surface area contributed by atoms with Crippen LogP contribution in [0.1, 0.15) is 19.8 Å². The zero-order chi connectivity index (χ0) is 12.0. The van der Waals surface area contributed by atoms with E-state index in [2.05, 4.69) is 18.9 Å². The maximum Gasteiger partial charge on any atom is 0.0503 e. The van der Waals surface area contributed by atoms with Crippen LogP contribution in [-0.4, -0.2) is 57.5 Å². The Kier molecular flexibility index (Phi) is 6.28. The van der Waals surface area contributed by atoms with Gasteiger partial charge in [0.05, 0.1) is 6.61 Å². The second-order valence-corrected chi connectivity index (χ2v) is 4.74. The van der Waals surface area contributed by atoms with Gasteiger partial charge < -0.3 is 15.2 Å². The number of nitrogens with two attached hydrogens (primary N) is 1. The average molecular weight is 230 g/mol. The first kappa shape index (κ1) is 13.9. The molecule has 2 atom stereocenters. The molecule has 1 heterocycles. The highest BCUT2D eigenvalue weighted by Crippen LogP contribution is 2.19. The first-order valence-electron chi connectivity index (χ1n) is 6.19. The molecular weight excluding hydrogens is 204 g/mol. The van der Waals surface area contributed by atoms with E-state index in [1.165, 1.54) is 0 Å². The van der Waals surface area contributed by atoms with Crippen molar-refractivity contribution in [2.24, 2.45) is 11.7 Å². The summed E-state index contributed by atoms with van der Waals surface area (Å²) >= 11 is 0. The molecule has 0 spiro atoms. The summed E-state index contributed by atoms with van der Waals surface area (Å²) in [5.41, 5.74) is 5.88. The molecule has 1 saturated heterocycles. The van der Waals surface area contributed by atoms with E-state index in [9.17, 15) is 0 Å². The van der Waals surface area contributed by atoms with Gasteiger partial charge in [-0.2, -0.15) is 0 Å². The SMILES string of the molecule is COCC(C)C(CN)N(C)C1CCOCC1. The zero-order valence-corrected chi connectivity index (χ0v) is 10.8. The minimum absolute atomic E-state index is 0.406. The summed E-state index contributed by atoms with van der Waals surface area (Å²) in [5, 5.41) is 0. The van der Waals surface area contributed by atoms with Crippen LogP contribution in [0.15, 0.2) is 0 Å². The summed E-state index contributed by atoms with van der Waals surface area (Å²) in [5.74, 6) is 0.475. The fourth-order valence-electron chi connectivity index (χ4n) is 2.54. The van der Waals surface area contributed by atoms with Gasteiger partial charge in [-0.05, 0) is 25.8 Å².